The van der Waals surface area contributed by atoms with Crippen molar-refractivity contribution in [1.29, 1.82) is 0 Å². The summed E-state index contributed by atoms with van der Waals surface area (Å²) in [6.45, 7) is 3.94. The summed E-state index contributed by atoms with van der Waals surface area (Å²) in [6.07, 6.45) is 2.23. The van der Waals surface area contributed by atoms with Gasteiger partial charge in [0.05, 0.1) is 5.69 Å². The molecule has 0 radical (unpaired) electrons. The van der Waals surface area contributed by atoms with Gasteiger partial charge in [0.25, 0.3) is 0 Å². The standard InChI is InChI=1S/C10H15ClN2OS/c1-7-8(2)15-10(12-7)13-9(14)5-3-4-6-11/h3-6H2,1-2H3,(H,12,13,14). The molecule has 0 aliphatic rings. The average molecular weight is 247 g/mol. The third-order valence-corrected chi connectivity index (χ3v) is 3.32. The van der Waals surface area contributed by atoms with E-state index in [0.29, 0.717) is 17.4 Å². The van der Waals surface area contributed by atoms with Gasteiger partial charge in [-0.2, -0.15) is 0 Å². The van der Waals surface area contributed by atoms with Crippen LogP contribution in [0.2, 0.25) is 0 Å². The van der Waals surface area contributed by atoms with Crippen LogP contribution in [0.4, 0.5) is 5.13 Å². The number of halogens is 1. The van der Waals surface area contributed by atoms with Gasteiger partial charge in [0.15, 0.2) is 5.13 Å². The summed E-state index contributed by atoms with van der Waals surface area (Å²) in [4.78, 5) is 16.8. The first-order valence-electron chi connectivity index (χ1n) is 4.93. The van der Waals surface area contributed by atoms with E-state index in [-0.39, 0.29) is 5.91 Å². The predicted octanol–water partition coefficient (Wildman–Crippen LogP) is 3.11. The Morgan fingerprint density at radius 1 is 1.47 bits per heavy atom. The number of nitrogens with one attached hydrogen (secondary N) is 1. The second-order valence-electron chi connectivity index (χ2n) is 3.35. The lowest BCUT2D eigenvalue weighted by atomic mass is 10.2. The largest absolute Gasteiger partial charge is 0.302 e. The van der Waals surface area contributed by atoms with Gasteiger partial charge in [-0.15, -0.1) is 22.9 Å². The third kappa shape index (κ3) is 4.18. The van der Waals surface area contributed by atoms with E-state index in [1.54, 1.807) is 0 Å². The molecule has 15 heavy (non-hydrogen) atoms. The molecule has 1 amide bonds. The van der Waals surface area contributed by atoms with E-state index < -0.39 is 0 Å². The van der Waals surface area contributed by atoms with Crippen molar-refractivity contribution in [2.24, 2.45) is 0 Å². The number of hydrogen-bond donors (Lipinski definition) is 1. The summed E-state index contributed by atoms with van der Waals surface area (Å²) < 4.78 is 0. The van der Waals surface area contributed by atoms with Gasteiger partial charge in [0.2, 0.25) is 5.91 Å². The van der Waals surface area contributed by atoms with Gasteiger partial charge in [0, 0.05) is 17.2 Å². The molecule has 0 spiro atoms. The van der Waals surface area contributed by atoms with Gasteiger partial charge < -0.3 is 5.32 Å². The molecule has 0 bridgehead atoms. The van der Waals surface area contributed by atoms with Crippen molar-refractivity contribution in [2.75, 3.05) is 11.2 Å². The zero-order chi connectivity index (χ0) is 11.3. The summed E-state index contributed by atoms with van der Waals surface area (Å²) in [6, 6.07) is 0. The Hall–Kier alpha value is -0.610. The van der Waals surface area contributed by atoms with E-state index in [1.807, 2.05) is 13.8 Å². The zero-order valence-electron chi connectivity index (χ0n) is 8.97. The highest BCUT2D eigenvalue weighted by Crippen LogP contribution is 2.21. The van der Waals surface area contributed by atoms with Crippen molar-refractivity contribution < 1.29 is 4.79 Å². The minimum atomic E-state index is 0.0221. The topological polar surface area (TPSA) is 42.0 Å². The molecule has 3 nitrogen and oxygen atoms in total. The van der Waals surface area contributed by atoms with Crippen molar-refractivity contribution in [3.05, 3.63) is 10.6 Å². The van der Waals surface area contributed by atoms with Crippen LogP contribution in [0.15, 0.2) is 0 Å². The highest BCUT2D eigenvalue weighted by Gasteiger charge is 2.07. The first-order valence-corrected chi connectivity index (χ1v) is 6.28. The van der Waals surface area contributed by atoms with Gasteiger partial charge in [-0.3, -0.25) is 4.79 Å². The van der Waals surface area contributed by atoms with E-state index in [0.717, 1.165) is 23.4 Å². The first-order chi connectivity index (χ1) is 7.13. The molecule has 1 aromatic rings. The minimum absolute atomic E-state index is 0.0221. The van der Waals surface area contributed by atoms with Crippen LogP contribution in [0.1, 0.15) is 29.8 Å². The third-order valence-electron chi connectivity index (χ3n) is 2.06. The van der Waals surface area contributed by atoms with Crippen LogP contribution in [0.3, 0.4) is 0 Å². The number of alkyl halides is 1. The molecule has 0 aromatic carbocycles. The number of hydrogen-bond acceptors (Lipinski definition) is 3. The van der Waals surface area contributed by atoms with Gasteiger partial charge >= 0.3 is 0 Å². The highest BCUT2D eigenvalue weighted by atomic mass is 35.5. The SMILES string of the molecule is Cc1nc(NC(=O)CCCCCl)sc1C. The number of thiazole rings is 1. The fraction of sp³-hybridized carbons (Fsp3) is 0.600. The molecule has 1 N–H and O–H groups in total. The highest BCUT2D eigenvalue weighted by molar-refractivity contribution is 7.15. The van der Waals surface area contributed by atoms with Crippen LogP contribution in [-0.4, -0.2) is 16.8 Å². The van der Waals surface area contributed by atoms with Crippen LogP contribution < -0.4 is 5.32 Å². The molecule has 0 saturated heterocycles. The van der Waals surface area contributed by atoms with E-state index in [4.69, 9.17) is 11.6 Å². The molecule has 84 valence electrons. The molecule has 0 aliphatic carbocycles. The molecular formula is C10H15ClN2OS. The summed E-state index contributed by atoms with van der Waals surface area (Å²) in [5, 5.41) is 3.48. The summed E-state index contributed by atoms with van der Waals surface area (Å²) in [5.74, 6) is 0.636. The van der Waals surface area contributed by atoms with E-state index in [2.05, 4.69) is 10.3 Å². The van der Waals surface area contributed by atoms with Crippen LogP contribution in [0.25, 0.3) is 0 Å². The molecule has 1 heterocycles. The maximum Gasteiger partial charge on any atom is 0.226 e. The summed E-state index contributed by atoms with van der Waals surface area (Å²) >= 11 is 7.04. The lowest BCUT2D eigenvalue weighted by Crippen LogP contribution is -2.10. The Morgan fingerprint density at radius 3 is 2.73 bits per heavy atom. The first kappa shape index (κ1) is 12.5. The number of unbranched alkanes of at least 4 members (excludes halogenated alkanes) is 1. The van der Waals surface area contributed by atoms with E-state index >= 15 is 0 Å². The predicted molar refractivity (Wildman–Crippen MR) is 64.8 cm³/mol. The molecule has 0 aliphatic heterocycles. The van der Waals surface area contributed by atoms with Crippen molar-refractivity contribution in [1.82, 2.24) is 4.98 Å². The molecule has 0 unspecified atom stereocenters. The summed E-state index contributed by atoms with van der Waals surface area (Å²) in [5.41, 5.74) is 0.982. The number of aryl methyl sites for hydroxylation is 2. The number of anilines is 1. The molecule has 0 atom stereocenters. The Balaban J connectivity index is 2.37. The Labute approximate surface area is 98.9 Å². The quantitative estimate of drug-likeness (QED) is 0.641. The lowest BCUT2D eigenvalue weighted by Gasteiger charge is -1.99. The molecule has 0 saturated carbocycles. The number of carbonyl (C=O) groups excluding carboxylic acids is 1. The van der Waals surface area contributed by atoms with Crippen LogP contribution >= 0.6 is 22.9 Å². The minimum Gasteiger partial charge on any atom is -0.302 e. The monoisotopic (exact) mass is 246 g/mol. The van der Waals surface area contributed by atoms with E-state index in [1.165, 1.54) is 11.3 Å². The maximum absolute atomic E-state index is 11.4. The fourth-order valence-electron chi connectivity index (χ4n) is 1.09. The smallest absolute Gasteiger partial charge is 0.226 e. The number of rotatable bonds is 5. The normalized spacial score (nSPS) is 10.3. The van der Waals surface area contributed by atoms with Gasteiger partial charge in [-0.1, -0.05) is 0 Å². The molecule has 1 aromatic heterocycles. The van der Waals surface area contributed by atoms with Gasteiger partial charge in [-0.25, -0.2) is 4.98 Å². The van der Waals surface area contributed by atoms with Crippen molar-refractivity contribution in [2.45, 2.75) is 33.1 Å². The maximum atomic E-state index is 11.4. The fourth-order valence-corrected chi connectivity index (χ4v) is 2.11. The second kappa shape index (κ2) is 6.08. The number of carbonyl (C=O) groups is 1. The van der Waals surface area contributed by atoms with Gasteiger partial charge in [0.1, 0.15) is 0 Å². The average Bonchev–Trinajstić information content (AvgIpc) is 2.46. The van der Waals surface area contributed by atoms with Crippen molar-refractivity contribution in [3.63, 3.8) is 0 Å². The van der Waals surface area contributed by atoms with Gasteiger partial charge in [-0.05, 0) is 26.7 Å². The molecule has 1 rings (SSSR count). The zero-order valence-corrected chi connectivity index (χ0v) is 10.5. The molecular weight excluding hydrogens is 232 g/mol. The molecule has 5 heteroatoms. The van der Waals surface area contributed by atoms with Crippen LogP contribution in [0.5, 0.6) is 0 Å². The number of nitrogens with zero attached hydrogens (tertiary/aromatic N) is 1. The van der Waals surface area contributed by atoms with Crippen LogP contribution in [0, 0.1) is 13.8 Å². The van der Waals surface area contributed by atoms with E-state index in [9.17, 15) is 4.79 Å². The van der Waals surface area contributed by atoms with Crippen LogP contribution in [-0.2, 0) is 4.79 Å². The second-order valence-corrected chi connectivity index (χ2v) is 4.94. The number of amides is 1. The Morgan fingerprint density at radius 2 is 2.20 bits per heavy atom. The Bertz CT molecular complexity index is 319. The summed E-state index contributed by atoms with van der Waals surface area (Å²) in [7, 11) is 0. The molecule has 0 fully saturated rings. The van der Waals surface area contributed by atoms with Crippen molar-refractivity contribution in [3.8, 4) is 0 Å². The lowest BCUT2D eigenvalue weighted by molar-refractivity contribution is -0.116. The Kier molecular flexibility index (Phi) is 5.05. The number of aromatic nitrogens is 1. The van der Waals surface area contributed by atoms with Crippen molar-refractivity contribution >= 4 is 34.0 Å².